The van der Waals surface area contributed by atoms with Crippen molar-refractivity contribution in [1.29, 1.82) is 0 Å². The van der Waals surface area contributed by atoms with Gasteiger partial charge in [0, 0.05) is 12.4 Å². The maximum Gasteiger partial charge on any atom is 0.257 e. The second kappa shape index (κ2) is 5.68. The molecule has 7 nitrogen and oxygen atoms in total. The summed E-state index contributed by atoms with van der Waals surface area (Å²) in [7, 11) is 0. The summed E-state index contributed by atoms with van der Waals surface area (Å²) in [5, 5.41) is 7.09. The summed E-state index contributed by atoms with van der Waals surface area (Å²) in [6.07, 6.45) is 5.91. The van der Waals surface area contributed by atoms with Gasteiger partial charge in [-0.25, -0.2) is 19.6 Å². The van der Waals surface area contributed by atoms with E-state index in [0.717, 1.165) is 0 Å². The number of carbonyl (C=O) groups excluding carboxylic acids is 1. The van der Waals surface area contributed by atoms with Gasteiger partial charge in [0.2, 0.25) is 0 Å². The summed E-state index contributed by atoms with van der Waals surface area (Å²) in [5.74, 6) is 0.166. The number of anilines is 1. The number of hydrogen-bond acceptors (Lipinski definition) is 5. The van der Waals surface area contributed by atoms with Crippen molar-refractivity contribution in [3.05, 3.63) is 60.0 Å². The van der Waals surface area contributed by atoms with Crippen molar-refractivity contribution in [2.75, 3.05) is 5.32 Å². The zero-order valence-electron chi connectivity index (χ0n) is 10.6. The van der Waals surface area contributed by atoms with Crippen molar-refractivity contribution >= 4 is 23.2 Å². The van der Waals surface area contributed by atoms with Gasteiger partial charge in [-0.05, 0) is 24.3 Å². The van der Waals surface area contributed by atoms with Crippen LogP contribution < -0.4 is 5.32 Å². The molecule has 8 heteroatoms. The van der Waals surface area contributed by atoms with Crippen molar-refractivity contribution in [2.24, 2.45) is 0 Å². The highest BCUT2D eigenvalue weighted by Gasteiger charge is 2.11. The molecule has 0 saturated heterocycles. The first-order valence-corrected chi connectivity index (χ1v) is 6.35. The molecule has 0 spiro atoms. The lowest BCUT2D eigenvalue weighted by molar-refractivity contribution is 0.102. The van der Waals surface area contributed by atoms with E-state index in [2.05, 4.69) is 25.4 Å². The van der Waals surface area contributed by atoms with Crippen LogP contribution in [-0.2, 0) is 0 Å². The van der Waals surface area contributed by atoms with Crippen LogP contribution in [0.5, 0.6) is 0 Å². The Morgan fingerprint density at radius 3 is 2.86 bits per heavy atom. The van der Waals surface area contributed by atoms with Crippen LogP contribution in [0.25, 0.3) is 5.82 Å². The zero-order valence-corrected chi connectivity index (χ0v) is 11.4. The van der Waals surface area contributed by atoms with Crippen LogP contribution in [0.3, 0.4) is 0 Å². The lowest BCUT2D eigenvalue weighted by Gasteiger charge is -2.09. The Hall–Kier alpha value is -2.80. The van der Waals surface area contributed by atoms with Gasteiger partial charge < -0.3 is 5.32 Å². The number of hydrogen-bond donors (Lipinski definition) is 1. The average Bonchev–Trinajstić information content (AvgIpc) is 3.02. The SMILES string of the molecule is O=C(Nc1cccnc1-n1cncn1)c1ccc(Cl)nc1. The number of pyridine rings is 2. The largest absolute Gasteiger partial charge is 0.319 e. The lowest BCUT2D eigenvalue weighted by atomic mass is 10.2. The highest BCUT2D eigenvalue weighted by Crippen LogP contribution is 2.17. The smallest absolute Gasteiger partial charge is 0.257 e. The van der Waals surface area contributed by atoms with E-state index < -0.39 is 0 Å². The van der Waals surface area contributed by atoms with E-state index in [1.54, 1.807) is 30.5 Å². The highest BCUT2D eigenvalue weighted by molar-refractivity contribution is 6.29. The molecule has 3 aromatic rings. The quantitative estimate of drug-likeness (QED) is 0.747. The molecular formula is C13H9ClN6O. The molecule has 3 heterocycles. The number of carbonyl (C=O) groups is 1. The minimum atomic E-state index is -0.312. The maximum absolute atomic E-state index is 12.2. The first-order valence-electron chi connectivity index (χ1n) is 5.97. The number of nitrogens with zero attached hydrogens (tertiary/aromatic N) is 5. The molecule has 0 saturated carbocycles. The molecule has 0 aliphatic carbocycles. The molecule has 21 heavy (non-hydrogen) atoms. The van der Waals surface area contributed by atoms with Gasteiger partial charge in [-0.1, -0.05) is 11.6 Å². The van der Waals surface area contributed by atoms with E-state index in [1.807, 2.05) is 0 Å². The third-order valence-electron chi connectivity index (χ3n) is 2.66. The summed E-state index contributed by atoms with van der Waals surface area (Å²) in [6.45, 7) is 0. The van der Waals surface area contributed by atoms with E-state index in [9.17, 15) is 4.79 Å². The van der Waals surface area contributed by atoms with Gasteiger partial charge in [0.25, 0.3) is 5.91 Å². The topological polar surface area (TPSA) is 85.6 Å². The fraction of sp³-hybridized carbons (Fsp3) is 0. The van der Waals surface area contributed by atoms with Gasteiger partial charge in [0.05, 0.1) is 11.3 Å². The molecule has 0 bridgehead atoms. The summed E-state index contributed by atoms with van der Waals surface area (Å²) < 4.78 is 1.47. The Bertz CT molecular complexity index is 757. The predicted octanol–water partition coefficient (Wildman–Crippen LogP) is 1.96. The van der Waals surface area contributed by atoms with E-state index in [4.69, 9.17) is 11.6 Å². The molecule has 1 amide bonds. The average molecular weight is 301 g/mol. The third-order valence-corrected chi connectivity index (χ3v) is 2.88. The molecule has 1 N–H and O–H groups in total. The number of amides is 1. The number of nitrogens with one attached hydrogen (secondary N) is 1. The van der Waals surface area contributed by atoms with Gasteiger partial charge in [0.15, 0.2) is 5.82 Å². The molecule has 0 aliphatic rings. The van der Waals surface area contributed by atoms with Crippen LogP contribution in [0.4, 0.5) is 5.69 Å². The monoisotopic (exact) mass is 300 g/mol. The van der Waals surface area contributed by atoms with Crippen LogP contribution in [0.15, 0.2) is 49.3 Å². The highest BCUT2D eigenvalue weighted by atomic mass is 35.5. The second-order valence-electron chi connectivity index (χ2n) is 4.04. The van der Waals surface area contributed by atoms with Gasteiger partial charge in [-0.3, -0.25) is 4.79 Å². The minimum absolute atomic E-state index is 0.312. The molecule has 0 unspecified atom stereocenters. The first kappa shape index (κ1) is 13.2. The summed E-state index contributed by atoms with van der Waals surface area (Å²) in [4.78, 5) is 24.1. The predicted molar refractivity (Wildman–Crippen MR) is 76.4 cm³/mol. The summed E-state index contributed by atoms with van der Waals surface area (Å²) in [5.41, 5.74) is 0.913. The van der Waals surface area contributed by atoms with Crippen LogP contribution in [0.2, 0.25) is 5.15 Å². The second-order valence-corrected chi connectivity index (χ2v) is 4.43. The Kier molecular flexibility index (Phi) is 3.57. The number of aromatic nitrogens is 5. The van der Waals surface area contributed by atoms with Gasteiger partial charge in [-0.2, -0.15) is 5.10 Å². The Morgan fingerprint density at radius 2 is 2.14 bits per heavy atom. The van der Waals surface area contributed by atoms with Gasteiger partial charge in [0.1, 0.15) is 17.8 Å². The van der Waals surface area contributed by atoms with Crippen LogP contribution in [0.1, 0.15) is 10.4 Å². The van der Waals surface area contributed by atoms with E-state index in [-0.39, 0.29) is 5.91 Å². The summed E-state index contributed by atoms with van der Waals surface area (Å²) >= 11 is 5.70. The van der Waals surface area contributed by atoms with E-state index in [0.29, 0.717) is 22.2 Å². The van der Waals surface area contributed by atoms with Gasteiger partial charge in [-0.15, -0.1) is 0 Å². The van der Waals surface area contributed by atoms with Crippen molar-refractivity contribution < 1.29 is 4.79 Å². The third kappa shape index (κ3) is 2.87. The van der Waals surface area contributed by atoms with Crippen molar-refractivity contribution in [2.45, 2.75) is 0 Å². The van der Waals surface area contributed by atoms with Crippen molar-refractivity contribution in [1.82, 2.24) is 24.7 Å². The van der Waals surface area contributed by atoms with Crippen LogP contribution >= 0.6 is 11.6 Å². The van der Waals surface area contributed by atoms with Crippen LogP contribution in [-0.4, -0.2) is 30.6 Å². The lowest BCUT2D eigenvalue weighted by Crippen LogP contribution is -2.15. The maximum atomic E-state index is 12.2. The minimum Gasteiger partial charge on any atom is -0.319 e. The van der Waals surface area contributed by atoms with E-state index >= 15 is 0 Å². The molecule has 0 radical (unpaired) electrons. The fourth-order valence-corrected chi connectivity index (χ4v) is 1.81. The number of rotatable bonds is 3. The van der Waals surface area contributed by atoms with Crippen molar-refractivity contribution in [3.63, 3.8) is 0 Å². The molecule has 0 aliphatic heterocycles. The summed E-state index contributed by atoms with van der Waals surface area (Å²) in [6, 6.07) is 6.59. The van der Waals surface area contributed by atoms with Crippen LogP contribution in [0, 0.1) is 0 Å². The Labute approximate surface area is 124 Å². The first-order chi connectivity index (χ1) is 10.2. The Balaban J connectivity index is 1.88. The van der Waals surface area contributed by atoms with Crippen molar-refractivity contribution in [3.8, 4) is 5.82 Å². The molecule has 104 valence electrons. The normalized spacial score (nSPS) is 10.3. The Morgan fingerprint density at radius 1 is 1.24 bits per heavy atom. The molecular weight excluding hydrogens is 292 g/mol. The zero-order chi connectivity index (χ0) is 14.7. The molecule has 3 rings (SSSR count). The molecule has 0 fully saturated rings. The molecule has 0 atom stereocenters. The standard InChI is InChI=1S/C13H9ClN6O/c14-11-4-3-9(6-17-11)13(21)19-10-2-1-5-16-12(10)20-8-15-7-18-20/h1-8H,(H,19,21). The molecule has 3 aromatic heterocycles. The van der Waals surface area contributed by atoms with Gasteiger partial charge >= 0.3 is 0 Å². The molecule has 0 aromatic carbocycles. The van der Waals surface area contributed by atoms with E-state index in [1.165, 1.54) is 23.5 Å². The number of halogens is 1. The fourth-order valence-electron chi connectivity index (χ4n) is 1.70.